The predicted octanol–water partition coefficient (Wildman–Crippen LogP) is 7.38. The van der Waals surface area contributed by atoms with Crippen molar-refractivity contribution in [2.45, 2.75) is 38.0 Å². The number of anilines is 6. The Hall–Kier alpha value is -5.85. The molecule has 12 nitrogen and oxygen atoms in total. The molecule has 3 amide bonds. The molecule has 4 heterocycles. The summed E-state index contributed by atoms with van der Waals surface area (Å²) >= 11 is 6.36. The van der Waals surface area contributed by atoms with E-state index in [1.165, 1.54) is 18.3 Å². The number of benzene rings is 2. The summed E-state index contributed by atoms with van der Waals surface area (Å²) in [6.07, 6.45) is -4.20. The Labute approximate surface area is 306 Å². The highest BCUT2D eigenvalue weighted by atomic mass is 35.5. The lowest BCUT2D eigenvalue weighted by molar-refractivity contribution is -0.193. The van der Waals surface area contributed by atoms with Crippen molar-refractivity contribution in [3.63, 3.8) is 0 Å². The van der Waals surface area contributed by atoms with Crippen molar-refractivity contribution in [2.24, 2.45) is 5.92 Å². The van der Waals surface area contributed by atoms with Crippen LogP contribution in [0.15, 0.2) is 67.1 Å². The highest BCUT2D eigenvalue weighted by molar-refractivity contribution is 6.41. The maximum absolute atomic E-state index is 13.9. The molecular formula is C34H28ClF7N8O4. The van der Waals surface area contributed by atoms with Crippen LogP contribution in [0.5, 0.6) is 0 Å². The summed E-state index contributed by atoms with van der Waals surface area (Å²) in [4.78, 5) is 59.7. The second-order valence-electron chi connectivity index (χ2n) is 12.0. The number of rotatable bonds is 5. The zero-order chi connectivity index (χ0) is 39.2. The lowest BCUT2D eigenvalue weighted by atomic mass is 10.0. The number of halogens is 8. The Balaban J connectivity index is 0.000000404. The molecule has 1 fully saturated rings. The van der Waals surface area contributed by atoms with E-state index in [0.29, 0.717) is 54.8 Å². The smallest absolute Gasteiger partial charge is 0.339 e. The van der Waals surface area contributed by atoms with Gasteiger partial charge in [0.05, 0.1) is 23.8 Å². The Morgan fingerprint density at radius 3 is 2.28 bits per heavy atom. The molecule has 2 aromatic carbocycles. The molecule has 284 valence electrons. The number of carbonyl (C=O) groups excluding carboxylic acids is 4. The van der Waals surface area contributed by atoms with E-state index >= 15 is 0 Å². The average Bonchev–Trinajstić information content (AvgIpc) is 3.58. The van der Waals surface area contributed by atoms with Gasteiger partial charge in [-0.1, -0.05) is 23.7 Å². The number of carbonyl (C=O) groups is 4. The highest BCUT2D eigenvalue weighted by Gasteiger charge is 2.54. The van der Waals surface area contributed by atoms with Gasteiger partial charge in [-0.15, -0.1) is 0 Å². The lowest BCUT2D eigenvalue weighted by Crippen LogP contribution is -2.39. The number of hydrogen-bond acceptors (Lipinski definition) is 9. The fourth-order valence-electron chi connectivity index (χ4n) is 5.41. The summed E-state index contributed by atoms with van der Waals surface area (Å²) in [5, 5.41) is 12.5. The third kappa shape index (κ3) is 10.4. The number of fused-ring (bicyclic) bond motifs is 6. The molecule has 4 aromatic rings. The summed E-state index contributed by atoms with van der Waals surface area (Å²) in [6, 6.07) is 13.4. The van der Waals surface area contributed by atoms with Crippen LogP contribution in [0.4, 0.5) is 70.0 Å². The number of Topliss-reactive ketones (excluding diaryl/α,β-unsaturated/α-hetero) is 2. The Kier molecular flexibility index (Phi) is 12.0. The molecule has 0 saturated carbocycles. The molecule has 6 rings (SSSR count). The zero-order valence-electron chi connectivity index (χ0n) is 27.6. The molecule has 54 heavy (non-hydrogen) atoms. The largest absolute Gasteiger partial charge is 0.458 e. The summed E-state index contributed by atoms with van der Waals surface area (Å²) in [7, 11) is 0. The molecule has 4 N–H and O–H groups in total. The SMILES string of the molecule is O=C(C(=O)C(F)(F)F)C(F)(F)F.O=C(C[C@H]1CCN(C(=O)Nc2ccccc2F)C1)Nc1ccc2cc1CCc1cncc(c1)Nc1ncc(Cl)c(n1)N2. The van der Waals surface area contributed by atoms with E-state index in [1.54, 1.807) is 23.2 Å². The zero-order valence-corrected chi connectivity index (χ0v) is 28.4. The number of pyridine rings is 1. The quantitative estimate of drug-likeness (QED) is 0.120. The fraction of sp³-hybridized carbons (Fsp3) is 0.265. The second-order valence-corrected chi connectivity index (χ2v) is 12.4. The van der Waals surface area contributed by atoms with Gasteiger partial charge in [0.1, 0.15) is 10.8 Å². The molecule has 1 saturated heterocycles. The molecule has 0 spiro atoms. The number of aromatic nitrogens is 3. The van der Waals surface area contributed by atoms with E-state index in [2.05, 4.69) is 36.2 Å². The second kappa shape index (κ2) is 16.4. The van der Waals surface area contributed by atoms with Crippen molar-refractivity contribution in [1.82, 2.24) is 19.9 Å². The van der Waals surface area contributed by atoms with Crippen molar-refractivity contribution in [1.29, 1.82) is 0 Å². The number of nitrogens with one attached hydrogen (secondary N) is 4. The average molecular weight is 781 g/mol. The van der Waals surface area contributed by atoms with Crippen LogP contribution in [0.2, 0.25) is 5.02 Å². The van der Waals surface area contributed by atoms with Gasteiger partial charge >= 0.3 is 30.0 Å². The van der Waals surface area contributed by atoms with Gasteiger partial charge in [-0.3, -0.25) is 19.4 Å². The van der Waals surface area contributed by atoms with E-state index in [1.807, 2.05) is 30.5 Å². The van der Waals surface area contributed by atoms with Crippen LogP contribution >= 0.6 is 11.6 Å². The van der Waals surface area contributed by atoms with E-state index in [0.717, 1.165) is 22.5 Å². The third-order valence-electron chi connectivity index (χ3n) is 8.00. The molecule has 20 heteroatoms. The first-order chi connectivity index (χ1) is 25.5. The Bertz CT molecular complexity index is 2040. The van der Waals surface area contributed by atoms with E-state index < -0.39 is 29.7 Å². The predicted molar refractivity (Wildman–Crippen MR) is 182 cm³/mol. The van der Waals surface area contributed by atoms with Gasteiger partial charge < -0.3 is 26.2 Å². The highest BCUT2D eigenvalue weighted by Crippen LogP contribution is 2.30. The van der Waals surface area contributed by atoms with Crippen molar-refractivity contribution in [3.05, 3.63) is 89.1 Å². The normalized spacial score (nSPS) is 15.1. The minimum absolute atomic E-state index is 0.00205. The van der Waals surface area contributed by atoms with Crippen molar-refractivity contribution < 1.29 is 49.9 Å². The number of likely N-dealkylation sites (tertiary alicyclic amines) is 1. The molecule has 0 radical (unpaired) electrons. The number of urea groups is 1. The minimum Gasteiger partial charge on any atom is -0.339 e. The van der Waals surface area contributed by atoms with Gasteiger partial charge in [0.2, 0.25) is 11.9 Å². The number of alkyl halides is 6. The number of hydrogen-bond donors (Lipinski definition) is 4. The van der Waals surface area contributed by atoms with Gasteiger partial charge in [-0.25, -0.2) is 14.2 Å². The lowest BCUT2D eigenvalue weighted by Gasteiger charge is -2.18. The maximum Gasteiger partial charge on any atom is 0.458 e. The van der Waals surface area contributed by atoms with Crippen LogP contribution in [-0.4, -0.2) is 68.8 Å². The van der Waals surface area contributed by atoms with Crippen LogP contribution in [-0.2, 0) is 27.2 Å². The topological polar surface area (TPSA) is 158 Å². The molecule has 1 atom stereocenters. The van der Waals surface area contributed by atoms with Crippen molar-refractivity contribution in [2.75, 3.05) is 34.4 Å². The first-order valence-corrected chi connectivity index (χ1v) is 16.3. The minimum atomic E-state index is -5.77. The summed E-state index contributed by atoms with van der Waals surface area (Å²) in [5.41, 5.74) is 4.33. The first kappa shape index (κ1) is 39.4. The van der Waals surface area contributed by atoms with Crippen LogP contribution in [0.1, 0.15) is 24.0 Å². The van der Waals surface area contributed by atoms with Gasteiger partial charge in [0.15, 0.2) is 5.82 Å². The van der Waals surface area contributed by atoms with Crippen LogP contribution in [0.25, 0.3) is 0 Å². The van der Waals surface area contributed by atoms with Gasteiger partial charge in [-0.05, 0) is 72.7 Å². The van der Waals surface area contributed by atoms with Crippen LogP contribution < -0.4 is 21.3 Å². The van der Waals surface area contributed by atoms with Crippen molar-refractivity contribution in [3.8, 4) is 0 Å². The molecule has 6 bridgehead atoms. The molecular weight excluding hydrogens is 753 g/mol. The van der Waals surface area contributed by atoms with Gasteiger partial charge in [0, 0.05) is 37.1 Å². The number of amides is 3. The summed E-state index contributed by atoms with van der Waals surface area (Å²) in [5.74, 6) is -6.60. The Morgan fingerprint density at radius 2 is 1.57 bits per heavy atom. The number of ketones is 2. The van der Waals surface area contributed by atoms with E-state index in [-0.39, 0.29) is 30.0 Å². The Morgan fingerprint density at radius 1 is 0.852 bits per heavy atom. The molecule has 2 aliphatic heterocycles. The van der Waals surface area contributed by atoms with Crippen LogP contribution in [0.3, 0.4) is 0 Å². The summed E-state index contributed by atoms with van der Waals surface area (Å²) < 4.78 is 80.9. The third-order valence-corrected chi connectivity index (χ3v) is 8.28. The van der Waals surface area contributed by atoms with Crippen molar-refractivity contribution >= 4 is 69.6 Å². The molecule has 2 aliphatic rings. The van der Waals surface area contributed by atoms with E-state index in [9.17, 15) is 49.9 Å². The number of aryl methyl sites for hydroxylation is 2. The molecule has 0 aliphatic carbocycles. The first-order valence-electron chi connectivity index (χ1n) is 15.9. The van der Waals surface area contributed by atoms with Gasteiger partial charge in [-0.2, -0.15) is 31.3 Å². The van der Waals surface area contributed by atoms with Gasteiger partial charge in [0.25, 0.3) is 0 Å². The monoisotopic (exact) mass is 780 g/mol. The molecule has 0 unspecified atom stereocenters. The maximum atomic E-state index is 13.9. The number of para-hydroxylation sites is 1. The standard InChI is InChI=1S/C30H28ClFN8O2.C4F6O2/c31-23-16-34-29-36-22-11-18(14-33-15-22)5-6-20-13-21(35-28(23)39-29)7-8-25(20)37-27(41)12-19-9-10-40(17-19)30(42)38-26-4-2-1-3-24(26)32;5-3(6,7)1(11)2(12)4(8,9)10/h1-4,7-8,11,13-16,19H,5-6,9-10,12,17H2,(H,37,41)(H,38,42)(H2,34,35,36,39);/t19-;/m1./s1. The fourth-order valence-corrected chi connectivity index (χ4v) is 5.55. The van der Waals surface area contributed by atoms with Crippen LogP contribution in [0, 0.1) is 11.7 Å². The van der Waals surface area contributed by atoms with E-state index in [4.69, 9.17) is 11.6 Å². The molecule has 2 aromatic heterocycles. The number of nitrogens with zero attached hydrogens (tertiary/aromatic N) is 4. The summed E-state index contributed by atoms with van der Waals surface area (Å²) in [6.45, 7) is 0.918.